The summed E-state index contributed by atoms with van der Waals surface area (Å²) < 4.78 is 19.7. The maximum atomic E-state index is 14.6. The zero-order valence-electron chi connectivity index (χ0n) is 16.2. The average Bonchev–Trinajstić information content (AvgIpc) is 3.28. The first kappa shape index (κ1) is 19.0. The van der Waals surface area contributed by atoms with E-state index in [1.807, 2.05) is 31.4 Å². The lowest BCUT2D eigenvalue weighted by Gasteiger charge is -2.15. The summed E-state index contributed by atoms with van der Waals surface area (Å²) in [6.07, 6.45) is 3.64. The van der Waals surface area contributed by atoms with Crippen LogP contribution in [0.15, 0.2) is 42.6 Å². The lowest BCUT2D eigenvalue weighted by Crippen LogP contribution is -2.19. The third kappa shape index (κ3) is 3.05. The van der Waals surface area contributed by atoms with Crippen LogP contribution in [-0.2, 0) is 32.0 Å². The van der Waals surface area contributed by atoms with Gasteiger partial charge in [0, 0.05) is 67.0 Å². The highest BCUT2D eigenvalue weighted by Gasteiger charge is 2.63. The molecule has 0 unspecified atom stereocenters. The van der Waals surface area contributed by atoms with Crippen molar-refractivity contribution in [3.8, 4) is 0 Å². The molecular weight excluding hydrogens is 407 g/mol. The van der Waals surface area contributed by atoms with E-state index >= 15 is 0 Å². The fourth-order valence-electron chi connectivity index (χ4n) is 4.87. The number of benzene rings is 1. The molecule has 0 radical (unpaired) electrons. The van der Waals surface area contributed by atoms with Crippen LogP contribution in [0.5, 0.6) is 0 Å². The van der Waals surface area contributed by atoms with Crippen LogP contribution in [-0.4, -0.2) is 20.7 Å². The lowest BCUT2D eigenvalue weighted by atomic mass is 9.93. The minimum Gasteiger partial charge on any atom is -0.324 e. The van der Waals surface area contributed by atoms with E-state index in [9.17, 15) is 4.39 Å². The second-order valence-electron chi connectivity index (χ2n) is 8.04. The van der Waals surface area contributed by atoms with Gasteiger partial charge in [-0.2, -0.15) is 0 Å². The summed E-state index contributed by atoms with van der Waals surface area (Å²) in [5.74, 6) is 0.140. The van der Waals surface area contributed by atoms with E-state index in [-0.39, 0.29) is 11.2 Å². The van der Waals surface area contributed by atoms with Crippen LogP contribution in [0.25, 0.3) is 0 Å². The Balaban J connectivity index is 1.36. The highest BCUT2D eigenvalue weighted by molar-refractivity contribution is 7.71. The van der Waals surface area contributed by atoms with Gasteiger partial charge in [0.1, 0.15) is 5.82 Å². The van der Waals surface area contributed by atoms with Crippen LogP contribution in [0.1, 0.15) is 35.0 Å². The van der Waals surface area contributed by atoms with Gasteiger partial charge in [0.15, 0.2) is 4.77 Å². The van der Waals surface area contributed by atoms with Crippen molar-refractivity contribution in [2.24, 2.45) is 7.05 Å². The second-order valence-corrected chi connectivity index (χ2v) is 8.85. The average molecular weight is 429 g/mol. The van der Waals surface area contributed by atoms with Gasteiger partial charge in [-0.15, -0.1) is 0 Å². The predicted octanol–water partition coefficient (Wildman–Crippen LogP) is 4.51. The summed E-state index contributed by atoms with van der Waals surface area (Å²) in [7, 11) is 2.03. The van der Waals surface area contributed by atoms with Gasteiger partial charge >= 0.3 is 0 Å². The van der Waals surface area contributed by atoms with Crippen molar-refractivity contribution in [1.82, 2.24) is 19.4 Å². The normalized spacial score (nSPS) is 21.8. The third-order valence-corrected chi connectivity index (χ3v) is 7.12. The second kappa shape index (κ2) is 7.04. The number of aromatic nitrogens is 3. The van der Waals surface area contributed by atoms with Crippen LogP contribution in [0.3, 0.4) is 0 Å². The molecule has 1 fully saturated rings. The number of rotatable bonds is 6. The standard InChI is InChI=1S/C22H22ClFN4S/c1-27-19(7-9-25-12-15-4-2-3-8-26-15)20-17-11-22(17,13-28(20)21(27)29)16-10-14(23)5-6-18(16)24/h2-6,8,10,17,25H,7,9,11-13H2,1H3/t17-,22+/m0/s1. The first-order chi connectivity index (χ1) is 14.0. The zero-order valence-corrected chi connectivity index (χ0v) is 17.7. The van der Waals surface area contributed by atoms with E-state index in [0.717, 1.165) is 48.5 Å². The fourth-order valence-corrected chi connectivity index (χ4v) is 5.32. The molecule has 4 nitrogen and oxygen atoms in total. The number of hydrogen-bond acceptors (Lipinski definition) is 3. The number of nitrogens with one attached hydrogen (secondary N) is 1. The summed E-state index contributed by atoms with van der Waals surface area (Å²) in [4.78, 5) is 4.34. The van der Waals surface area contributed by atoms with Gasteiger partial charge < -0.3 is 14.5 Å². The van der Waals surface area contributed by atoms with Crippen molar-refractivity contribution in [2.45, 2.75) is 37.3 Å². The zero-order chi connectivity index (χ0) is 20.2. The molecule has 1 N–H and O–H groups in total. The van der Waals surface area contributed by atoms with E-state index in [1.165, 1.54) is 17.5 Å². The molecule has 29 heavy (non-hydrogen) atoms. The van der Waals surface area contributed by atoms with E-state index < -0.39 is 0 Å². The van der Waals surface area contributed by atoms with Crippen LogP contribution < -0.4 is 5.32 Å². The predicted molar refractivity (Wildman–Crippen MR) is 114 cm³/mol. The Bertz CT molecular complexity index is 1140. The van der Waals surface area contributed by atoms with E-state index in [1.54, 1.807) is 12.1 Å². The molecular formula is C22H22ClFN4S. The van der Waals surface area contributed by atoms with Crippen LogP contribution >= 0.6 is 23.8 Å². The molecule has 3 heterocycles. The Morgan fingerprint density at radius 1 is 1.34 bits per heavy atom. The van der Waals surface area contributed by atoms with Crippen molar-refractivity contribution in [1.29, 1.82) is 0 Å². The number of hydrogen-bond donors (Lipinski definition) is 1. The Morgan fingerprint density at radius 2 is 2.21 bits per heavy atom. The van der Waals surface area contributed by atoms with Gasteiger partial charge in [0.2, 0.25) is 0 Å². The molecule has 1 saturated carbocycles. The molecule has 1 aliphatic carbocycles. The van der Waals surface area contributed by atoms with Crippen molar-refractivity contribution in [2.75, 3.05) is 6.54 Å². The summed E-state index contributed by atoms with van der Waals surface area (Å²) in [6.45, 7) is 2.31. The molecule has 150 valence electrons. The van der Waals surface area contributed by atoms with Crippen molar-refractivity contribution in [3.05, 3.63) is 80.9 Å². The SMILES string of the molecule is Cn1c(CCNCc2ccccn2)c2n(c1=S)C[C@@]1(c3cc(Cl)ccc3F)C[C@@H]21. The minimum atomic E-state index is -0.192. The molecule has 0 amide bonds. The number of nitrogens with zero attached hydrogens (tertiary/aromatic N) is 3. The summed E-state index contributed by atoms with van der Waals surface area (Å²) in [5, 5.41) is 4.05. The van der Waals surface area contributed by atoms with Gasteiger partial charge in [-0.1, -0.05) is 17.7 Å². The van der Waals surface area contributed by atoms with E-state index in [2.05, 4.69) is 19.4 Å². The Hall–Kier alpha value is -2.02. The first-order valence-electron chi connectivity index (χ1n) is 9.86. The van der Waals surface area contributed by atoms with E-state index in [4.69, 9.17) is 23.8 Å². The molecule has 2 aromatic heterocycles. The van der Waals surface area contributed by atoms with Gasteiger partial charge in [0.05, 0.1) is 5.69 Å². The molecule has 2 aliphatic rings. The minimum absolute atomic E-state index is 0.170. The fraction of sp³-hybridized carbons (Fsp3) is 0.364. The monoisotopic (exact) mass is 428 g/mol. The van der Waals surface area contributed by atoms with E-state index in [0.29, 0.717) is 10.9 Å². The first-order valence-corrected chi connectivity index (χ1v) is 10.6. The number of pyridine rings is 1. The number of fused-ring (bicyclic) bond motifs is 3. The van der Waals surface area contributed by atoms with Crippen LogP contribution in [0.2, 0.25) is 5.02 Å². The highest BCUT2D eigenvalue weighted by Crippen LogP contribution is 2.66. The summed E-state index contributed by atoms with van der Waals surface area (Å²) >= 11 is 11.9. The molecule has 1 aromatic carbocycles. The maximum absolute atomic E-state index is 14.6. The van der Waals surface area contributed by atoms with Crippen LogP contribution in [0.4, 0.5) is 4.39 Å². The maximum Gasteiger partial charge on any atom is 0.180 e. The van der Waals surface area contributed by atoms with Gasteiger partial charge in [-0.05, 0) is 54.5 Å². The highest BCUT2D eigenvalue weighted by atomic mass is 35.5. The summed E-state index contributed by atoms with van der Waals surface area (Å²) in [5.41, 5.74) is 4.09. The molecule has 0 spiro atoms. The Kier molecular flexibility index (Phi) is 4.61. The third-order valence-electron chi connectivity index (χ3n) is 6.39. The Morgan fingerprint density at radius 3 is 3.00 bits per heavy atom. The van der Waals surface area contributed by atoms with Gasteiger partial charge in [-0.25, -0.2) is 4.39 Å². The summed E-state index contributed by atoms with van der Waals surface area (Å²) in [6, 6.07) is 10.8. The molecule has 5 rings (SSSR count). The van der Waals surface area contributed by atoms with Crippen LogP contribution in [0, 0.1) is 10.6 Å². The molecule has 3 aromatic rings. The molecule has 2 atom stereocenters. The molecule has 0 bridgehead atoms. The Labute approximate surface area is 179 Å². The van der Waals surface area contributed by atoms with Gasteiger partial charge in [-0.3, -0.25) is 4.98 Å². The smallest absolute Gasteiger partial charge is 0.180 e. The molecule has 0 saturated heterocycles. The van der Waals surface area contributed by atoms with Crippen molar-refractivity contribution >= 4 is 23.8 Å². The lowest BCUT2D eigenvalue weighted by molar-refractivity contribution is 0.526. The van der Waals surface area contributed by atoms with Crippen molar-refractivity contribution < 1.29 is 4.39 Å². The van der Waals surface area contributed by atoms with Crippen molar-refractivity contribution in [3.63, 3.8) is 0 Å². The largest absolute Gasteiger partial charge is 0.324 e. The van der Waals surface area contributed by atoms with Gasteiger partial charge in [0.25, 0.3) is 0 Å². The molecule has 7 heteroatoms. The topological polar surface area (TPSA) is 34.8 Å². The molecule has 1 aliphatic heterocycles. The number of halogens is 2. The quantitative estimate of drug-likeness (QED) is 0.463. The number of imidazole rings is 1.